The molecule has 0 radical (unpaired) electrons. The zero-order valence-electron chi connectivity index (χ0n) is 16.8. The third-order valence-electron chi connectivity index (χ3n) is 4.71. The van der Waals surface area contributed by atoms with Crippen molar-refractivity contribution in [3.63, 3.8) is 0 Å². The molecule has 31 heavy (non-hydrogen) atoms. The second-order valence-electron chi connectivity index (χ2n) is 6.99. The average molecular weight is 472 g/mol. The van der Waals surface area contributed by atoms with Gasteiger partial charge in [0.25, 0.3) is 5.91 Å². The minimum absolute atomic E-state index is 0.143. The van der Waals surface area contributed by atoms with Crippen molar-refractivity contribution in [2.75, 3.05) is 13.6 Å². The lowest BCUT2D eigenvalue weighted by Gasteiger charge is -2.16. The van der Waals surface area contributed by atoms with Crippen molar-refractivity contribution in [2.45, 2.75) is 17.9 Å². The van der Waals surface area contributed by atoms with E-state index in [4.69, 9.17) is 0 Å². The van der Waals surface area contributed by atoms with Crippen LogP contribution in [0.15, 0.2) is 70.9 Å². The van der Waals surface area contributed by atoms with Crippen LogP contribution in [0.1, 0.15) is 20.2 Å². The first-order valence-electron chi connectivity index (χ1n) is 9.64. The maximum atomic E-state index is 12.8. The molecule has 4 aromatic rings. The number of benzene rings is 2. The van der Waals surface area contributed by atoms with E-state index in [1.54, 1.807) is 46.8 Å². The second kappa shape index (κ2) is 9.27. The highest BCUT2D eigenvalue weighted by molar-refractivity contribution is 7.89. The van der Waals surface area contributed by atoms with Crippen LogP contribution in [0.4, 0.5) is 0 Å². The van der Waals surface area contributed by atoms with E-state index in [0.29, 0.717) is 25.1 Å². The summed E-state index contributed by atoms with van der Waals surface area (Å²) in [5.41, 5.74) is 1.35. The van der Waals surface area contributed by atoms with E-state index in [9.17, 15) is 13.2 Å². The zero-order valence-corrected chi connectivity index (χ0v) is 19.3. The van der Waals surface area contributed by atoms with Gasteiger partial charge in [-0.05, 0) is 54.3 Å². The smallest absolute Gasteiger partial charge is 0.253 e. The van der Waals surface area contributed by atoms with E-state index in [2.05, 4.69) is 9.71 Å². The van der Waals surface area contributed by atoms with E-state index in [1.165, 1.54) is 12.1 Å². The molecule has 0 aliphatic rings. The predicted molar refractivity (Wildman–Crippen MR) is 125 cm³/mol. The normalized spacial score (nSPS) is 11.6. The van der Waals surface area contributed by atoms with Crippen LogP contribution in [0, 0.1) is 0 Å². The quantitative estimate of drug-likeness (QED) is 0.419. The monoisotopic (exact) mass is 471 g/mol. The summed E-state index contributed by atoms with van der Waals surface area (Å²) >= 11 is 3.16. The van der Waals surface area contributed by atoms with Gasteiger partial charge in [-0.25, -0.2) is 18.1 Å². The Morgan fingerprint density at radius 2 is 1.84 bits per heavy atom. The Bertz CT molecular complexity index is 1250. The maximum Gasteiger partial charge on any atom is 0.253 e. The van der Waals surface area contributed by atoms with E-state index in [1.807, 2.05) is 41.8 Å². The molecule has 0 saturated heterocycles. The molecular weight excluding hydrogens is 450 g/mol. The summed E-state index contributed by atoms with van der Waals surface area (Å²) in [7, 11) is -1.90. The summed E-state index contributed by atoms with van der Waals surface area (Å²) in [6, 6.07) is 17.8. The van der Waals surface area contributed by atoms with Gasteiger partial charge in [0.15, 0.2) is 0 Å². The van der Waals surface area contributed by atoms with Crippen LogP contribution >= 0.6 is 22.7 Å². The van der Waals surface area contributed by atoms with Crippen LogP contribution in [0.3, 0.4) is 0 Å². The molecule has 9 heteroatoms. The summed E-state index contributed by atoms with van der Waals surface area (Å²) < 4.78 is 28.7. The molecule has 0 fully saturated rings. The van der Waals surface area contributed by atoms with Crippen molar-refractivity contribution in [2.24, 2.45) is 0 Å². The lowest BCUT2D eigenvalue weighted by atomic mass is 10.2. The third kappa shape index (κ3) is 5.19. The molecule has 2 aromatic heterocycles. The van der Waals surface area contributed by atoms with Gasteiger partial charge < -0.3 is 4.90 Å². The first-order valence-corrected chi connectivity index (χ1v) is 12.8. The standard InChI is InChI=1S/C22H21N3O3S3/c1-25(15-21-24-19-6-2-3-7-20(19)30-21)22(26)16-8-10-18(11-9-16)31(27,28)23-13-12-17-5-4-14-29-17/h2-11,14,23H,12-13,15H2,1H3. The molecular formula is C22H21N3O3S3. The number of nitrogens with one attached hydrogen (secondary N) is 1. The maximum absolute atomic E-state index is 12.8. The van der Waals surface area contributed by atoms with Crippen molar-refractivity contribution in [1.82, 2.24) is 14.6 Å². The Kier molecular flexibility index (Phi) is 6.47. The molecule has 0 aliphatic carbocycles. The molecule has 0 aliphatic heterocycles. The Morgan fingerprint density at radius 3 is 2.55 bits per heavy atom. The molecule has 4 rings (SSSR count). The SMILES string of the molecule is CN(Cc1nc2ccccc2s1)C(=O)c1ccc(S(=O)(=O)NCCc2cccs2)cc1. The highest BCUT2D eigenvalue weighted by Gasteiger charge is 2.17. The first-order chi connectivity index (χ1) is 14.9. The van der Waals surface area contributed by atoms with Gasteiger partial charge in [0.2, 0.25) is 10.0 Å². The molecule has 0 atom stereocenters. The molecule has 0 bridgehead atoms. The number of carbonyl (C=O) groups is 1. The number of aromatic nitrogens is 1. The molecule has 2 heterocycles. The van der Waals surface area contributed by atoms with Crippen molar-refractivity contribution < 1.29 is 13.2 Å². The molecule has 0 spiro atoms. The van der Waals surface area contributed by atoms with Crippen molar-refractivity contribution in [1.29, 1.82) is 0 Å². The Morgan fingerprint density at radius 1 is 1.06 bits per heavy atom. The number of carbonyl (C=O) groups excluding carboxylic acids is 1. The zero-order chi connectivity index (χ0) is 21.8. The fourth-order valence-electron chi connectivity index (χ4n) is 3.11. The number of sulfonamides is 1. The second-order valence-corrected chi connectivity index (χ2v) is 10.9. The summed E-state index contributed by atoms with van der Waals surface area (Å²) in [4.78, 5) is 20.2. The van der Waals surface area contributed by atoms with E-state index >= 15 is 0 Å². The van der Waals surface area contributed by atoms with Gasteiger partial charge >= 0.3 is 0 Å². The molecule has 160 valence electrons. The van der Waals surface area contributed by atoms with Crippen LogP contribution in [-0.2, 0) is 23.0 Å². The van der Waals surface area contributed by atoms with Crippen LogP contribution in [-0.4, -0.2) is 37.8 Å². The van der Waals surface area contributed by atoms with Gasteiger partial charge in [-0.1, -0.05) is 18.2 Å². The van der Waals surface area contributed by atoms with Crippen molar-refractivity contribution >= 4 is 48.8 Å². The number of hydrogen-bond acceptors (Lipinski definition) is 6. The number of thiazole rings is 1. The minimum atomic E-state index is -3.62. The number of rotatable bonds is 8. The van der Waals surface area contributed by atoms with Crippen LogP contribution < -0.4 is 4.72 Å². The molecule has 2 aromatic carbocycles. The largest absolute Gasteiger partial charge is 0.335 e. The van der Waals surface area contributed by atoms with Gasteiger partial charge in [0.1, 0.15) is 5.01 Å². The molecule has 1 amide bonds. The van der Waals surface area contributed by atoms with E-state index < -0.39 is 10.0 Å². The number of nitrogens with zero attached hydrogens (tertiary/aromatic N) is 2. The van der Waals surface area contributed by atoms with Crippen molar-refractivity contribution in [3.05, 3.63) is 81.5 Å². The van der Waals surface area contributed by atoms with Gasteiger partial charge in [0, 0.05) is 24.0 Å². The molecule has 0 unspecified atom stereocenters. The van der Waals surface area contributed by atoms with Gasteiger partial charge in [-0.3, -0.25) is 4.79 Å². The molecule has 6 nitrogen and oxygen atoms in total. The van der Waals surface area contributed by atoms with Crippen LogP contribution in [0.25, 0.3) is 10.2 Å². The van der Waals surface area contributed by atoms with E-state index in [0.717, 1.165) is 20.1 Å². The number of para-hydroxylation sites is 1. The Balaban J connectivity index is 1.38. The Labute approximate surface area is 189 Å². The summed E-state index contributed by atoms with van der Waals surface area (Å²) in [5, 5.41) is 2.82. The van der Waals surface area contributed by atoms with Gasteiger partial charge in [-0.15, -0.1) is 22.7 Å². The highest BCUT2D eigenvalue weighted by Crippen LogP contribution is 2.23. The Hall–Kier alpha value is -2.59. The number of fused-ring (bicyclic) bond motifs is 1. The summed E-state index contributed by atoms with van der Waals surface area (Å²) in [6.45, 7) is 0.719. The number of hydrogen-bond donors (Lipinski definition) is 1. The molecule has 1 N–H and O–H groups in total. The first kappa shape index (κ1) is 21.6. The fraction of sp³-hybridized carbons (Fsp3) is 0.182. The third-order valence-corrected chi connectivity index (χ3v) is 8.15. The highest BCUT2D eigenvalue weighted by atomic mass is 32.2. The lowest BCUT2D eigenvalue weighted by molar-refractivity contribution is 0.0785. The summed E-state index contributed by atoms with van der Waals surface area (Å²) in [6.07, 6.45) is 0.643. The predicted octanol–water partition coefficient (Wildman–Crippen LogP) is 4.15. The average Bonchev–Trinajstić information content (AvgIpc) is 3.42. The van der Waals surface area contributed by atoms with Crippen molar-refractivity contribution in [3.8, 4) is 0 Å². The van der Waals surface area contributed by atoms with Crippen LogP contribution in [0.2, 0.25) is 0 Å². The summed E-state index contributed by atoms with van der Waals surface area (Å²) in [5.74, 6) is -0.186. The molecule has 0 saturated carbocycles. The fourth-order valence-corrected chi connectivity index (χ4v) is 5.87. The van der Waals surface area contributed by atoms with Gasteiger partial charge in [0.05, 0.1) is 21.7 Å². The van der Waals surface area contributed by atoms with Gasteiger partial charge in [-0.2, -0.15) is 0 Å². The van der Waals surface area contributed by atoms with E-state index in [-0.39, 0.29) is 10.8 Å². The minimum Gasteiger partial charge on any atom is -0.335 e. The van der Waals surface area contributed by atoms with Crippen LogP contribution in [0.5, 0.6) is 0 Å². The topological polar surface area (TPSA) is 79.4 Å². The number of thiophene rings is 1. The number of amides is 1. The lowest BCUT2D eigenvalue weighted by Crippen LogP contribution is -2.27.